The summed E-state index contributed by atoms with van der Waals surface area (Å²) in [5, 5.41) is 14.7. The van der Waals surface area contributed by atoms with Crippen LogP contribution in [0.4, 0.5) is 8.78 Å². The highest BCUT2D eigenvalue weighted by atomic mass is 32.2. The van der Waals surface area contributed by atoms with Gasteiger partial charge in [0.1, 0.15) is 28.5 Å². The minimum absolute atomic E-state index is 0.145. The second-order valence-electron chi connectivity index (χ2n) is 9.11. The first kappa shape index (κ1) is 28.5. The number of carbonyl (C=O) groups excluding carboxylic acids is 1. The number of amides is 1. The van der Waals surface area contributed by atoms with Crippen LogP contribution in [0, 0.1) is 29.6 Å². The fourth-order valence-electron chi connectivity index (χ4n) is 3.28. The van der Waals surface area contributed by atoms with Crippen LogP contribution in [0.3, 0.4) is 0 Å². The van der Waals surface area contributed by atoms with Crippen molar-refractivity contribution in [1.82, 2.24) is 21.0 Å². The Labute approximate surface area is 219 Å². The van der Waals surface area contributed by atoms with Crippen LogP contribution >= 0.6 is 11.8 Å². The Balaban J connectivity index is 1.94. The number of pyridine rings is 1. The van der Waals surface area contributed by atoms with E-state index in [9.17, 15) is 18.7 Å². The first-order valence-electron chi connectivity index (χ1n) is 11.7. The quantitative estimate of drug-likeness (QED) is 0.150. The monoisotopic (exact) mass is 531 g/mol. The largest absolute Gasteiger partial charge is 0.495 e. The molecule has 3 rings (SSSR count). The lowest BCUT2D eigenvalue weighted by Gasteiger charge is -2.24. The van der Waals surface area contributed by atoms with Crippen molar-refractivity contribution in [2.24, 2.45) is 11.8 Å². The van der Waals surface area contributed by atoms with Crippen molar-refractivity contribution in [3.8, 4) is 23.7 Å². The van der Waals surface area contributed by atoms with E-state index in [0.29, 0.717) is 17.1 Å². The molecule has 1 saturated carbocycles. The smallest absolute Gasteiger partial charge is 0.261 e. The SMILES string of the molecule is COC1=CNC(C(F)F)C=C1c1cc(C#CC(C)(C)O)ncc1C(=O)NC(C)SC(C#CC1CC1)NN. The molecule has 0 aromatic carbocycles. The van der Waals surface area contributed by atoms with Gasteiger partial charge in [0, 0.05) is 29.5 Å². The Morgan fingerprint density at radius 2 is 2.14 bits per heavy atom. The molecule has 1 amide bonds. The van der Waals surface area contributed by atoms with Crippen LogP contribution in [0.5, 0.6) is 0 Å². The van der Waals surface area contributed by atoms with Crippen molar-refractivity contribution < 1.29 is 23.4 Å². The number of aromatic nitrogens is 1. The number of thioether (sulfide) groups is 1. The highest BCUT2D eigenvalue weighted by molar-refractivity contribution is 8.00. The van der Waals surface area contributed by atoms with Crippen LogP contribution < -0.4 is 21.9 Å². The number of hydrazine groups is 1. The Bertz CT molecular complexity index is 1190. The molecule has 2 aliphatic rings. The zero-order chi connectivity index (χ0) is 27.2. The lowest BCUT2D eigenvalue weighted by molar-refractivity contribution is 0.0951. The molecular weight excluding hydrogens is 500 g/mol. The third kappa shape index (κ3) is 8.48. The van der Waals surface area contributed by atoms with Gasteiger partial charge >= 0.3 is 0 Å². The molecule has 1 aromatic rings. The predicted octanol–water partition coefficient (Wildman–Crippen LogP) is 2.32. The van der Waals surface area contributed by atoms with Gasteiger partial charge in [-0.05, 0) is 51.7 Å². The van der Waals surface area contributed by atoms with Gasteiger partial charge in [0.25, 0.3) is 12.3 Å². The molecule has 11 heteroatoms. The molecule has 3 unspecified atom stereocenters. The minimum Gasteiger partial charge on any atom is -0.495 e. The number of hydrogen-bond acceptors (Lipinski definition) is 8. The molecule has 37 heavy (non-hydrogen) atoms. The van der Waals surface area contributed by atoms with Gasteiger partial charge in [-0.15, -0.1) is 11.8 Å². The molecule has 0 spiro atoms. The van der Waals surface area contributed by atoms with Crippen LogP contribution in [-0.4, -0.2) is 51.9 Å². The van der Waals surface area contributed by atoms with E-state index >= 15 is 0 Å². The van der Waals surface area contributed by atoms with Gasteiger partial charge in [0.15, 0.2) is 0 Å². The lowest BCUT2D eigenvalue weighted by atomic mass is 9.95. The summed E-state index contributed by atoms with van der Waals surface area (Å²) in [5.74, 6) is 17.5. The van der Waals surface area contributed by atoms with Crippen LogP contribution in [0.2, 0.25) is 0 Å². The standard InChI is InChI=1S/C26H31F2N5O3S/c1-15(37-23(33-29)8-7-16-5-6-16)32-25(34)20-13-30-17(9-10-26(2,3)35)11-18(20)19-12-21(24(27)28)31-14-22(19)36-4/h11-16,21,23-24,31,33,35H,5-6,29H2,1-4H3,(H,32,34). The van der Waals surface area contributed by atoms with Crippen LogP contribution in [-0.2, 0) is 4.74 Å². The van der Waals surface area contributed by atoms with E-state index in [2.05, 4.69) is 44.7 Å². The molecule has 198 valence electrons. The van der Waals surface area contributed by atoms with Gasteiger partial charge in [-0.3, -0.25) is 10.6 Å². The number of dihydropyridines is 1. The number of nitrogens with zero attached hydrogens (tertiary/aromatic N) is 1. The molecule has 6 N–H and O–H groups in total. The van der Waals surface area contributed by atoms with Gasteiger partial charge in [0.05, 0.1) is 18.0 Å². The number of rotatable bonds is 8. The third-order valence-corrected chi connectivity index (χ3v) is 6.32. The Morgan fingerprint density at radius 1 is 1.41 bits per heavy atom. The topological polar surface area (TPSA) is 122 Å². The molecule has 0 bridgehead atoms. The summed E-state index contributed by atoms with van der Waals surface area (Å²) in [6.45, 7) is 4.84. The summed E-state index contributed by atoms with van der Waals surface area (Å²) in [6.07, 6.45) is 3.46. The number of ether oxygens (including phenoxy) is 1. The number of hydrogen-bond donors (Lipinski definition) is 5. The number of alkyl halides is 2. The van der Waals surface area contributed by atoms with Crippen molar-refractivity contribution in [3.63, 3.8) is 0 Å². The molecular formula is C26H31F2N5O3S. The van der Waals surface area contributed by atoms with E-state index in [4.69, 9.17) is 10.6 Å². The molecule has 3 atom stereocenters. The second kappa shape index (κ2) is 12.4. The predicted molar refractivity (Wildman–Crippen MR) is 140 cm³/mol. The zero-order valence-corrected chi connectivity index (χ0v) is 21.9. The average molecular weight is 532 g/mol. The number of nitrogens with two attached hydrogens (primary N) is 1. The lowest BCUT2D eigenvalue weighted by Crippen LogP contribution is -2.38. The normalized spacial score (nSPS) is 18.7. The molecule has 2 heterocycles. The highest BCUT2D eigenvalue weighted by Gasteiger charge is 2.27. The van der Waals surface area contributed by atoms with E-state index < -0.39 is 29.3 Å². The number of halogens is 2. The number of aliphatic hydroxyl groups is 1. The van der Waals surface area contributed by atoms with E-state index in [0.717, 1.165) is 12.8 Å². The Hall–Kier alpha value is -3.09. The maximum Gasteiger partial charge on any atom is 0.261 e. The van der Waals surface area contributed by atoms with E-state index in [1.807, 2.05) is 0 Å². The zero-order valence-electron chi connectivity index (χ0n) is 21.1. The van der Waals surface area contributed by atoms with Gasteiger partial charge in [-0.1, -0.05) is 17.8 Å². The summed E-state index contributed by atoms with van der Waals surface area (Å²) >= 11 is 1.33. The van der Waals surface area contributed by atoms with Crippen LogP contribution in [0.25, 0.3) is 5.57 Å². The van der Waals surface area contributed by atoms with Gasteiger partial charge in [0.2, 0.25) is 0 Å². The van der Waals surface area contributed by atoms with E-state index in [-0.39, 0.29) is 22.4 Å². The summed E-state index contributed by atoms with van der Waals surface area (Å²) in [7, 11) is 1.40. The molecule has 0 radical (unpaired) electrons. The summed E-state index contributed by atoms with van der Waals surface area (Å²) in [6, 6.07) is 0.239. The van der Waals surface area contributed by atoms with Crippen molar-refractivity contribution in [2.45, 2.75) is 62.4 Å². The maximum absolute atomic E-state index is 13.5. The average Bonchev–Trinajstić information content (AvgIpc) is 3.68. The number of methoxy groups -OCH3 is 1. The Morgan fingerprint density at radius 3 is 2.73 bits per heavy atom. The number of carbonyl (C=O) groups is 1. The first-order valence-corrected chi connectivity index (χ1v) is 12.6. The van der Waals surface area contributed by atoms with Crippen LogP contribution in [0.15, 0.2) is 30.3 Å². The van der Waals surface area contributed by atoms with E-state index in [1.165, 1.54) is 57.3 Å². The fraction of sp³-hybridized carbons (Fsp3) is 0.462. The van der Waals surface area contributed by atoms with Gasteiger partial charge < -0.3 is 20.5 Å². The van der Waals surface area contributed by atoms with Crippen LogP contribution in [0.1, 0.15) is 55.2 Å². The third-order valence-electron chi connectivity index (χ3n) is 5.27. The van der Waals surface area contributed by atoms with Crippen molar-refractivity contribution >= 4 is 23.2 Å². The summed E-state index contributed by atoms with van der Waals surface area (Å²) < 4.78 is 32.4. The van der Waals surface area contributed by atoms with Crippen molar-refractivity contribution in [3.05, 3.63) is 47.1 Å². The van der Waals surface area contributed by atoms with Crippen molar-refractivity contribution in [2.75, 3.05) is 7.11 Å². The molecule has 1 aromatic heterocycles. The molecule has 1 fully saturated rings. The van der Waals surface area contributed by atoms with Gasteiger partial charge in [-0.25, -0.2) is 19.2 Å². The molecule has 1 aliphatic heterocycles. The van der Waals surface area contributed by atoms with Gasteiger partial charge in [-0.2, -0.15) is 0 Å². The Kier molecular flexibility index (Phi) is 9.57. The summed E-state index contributed by atoms with van der Waals surface area (Å²) in [5.41, 5.74) is 2.37. The first-order chi connectivity index (χ1) is 17.5. The fourth-order valence-corrected chi connectivity index (χ4v) is 4.08. The summed E-state index contributed by atoms with van der Waals surface area (Å²) in [4.78, 5) is 17.6. The minimum atomic E-state index is -2.69. The molecule has 8 nitrogen and oxygen atoms in total. The number of nitrogens with one attached hydrogen (secondary N) is 3. The molecule has 0 saturated heterocycles. The maximum atomic E-state index is 13.5. The van der Waals surface area contributed by atoms with E-state index in [1.54, 1.807) is 6.92 Å². The second-order valence-corrected chi connectivity index (χ2v) is 10.6. The van der Waals surface area contributed by atoms with Crippen molar-refractivity contribution in [1.29, 1.82) is 0 Å². The highest BCUT2D eigenvalue weighted by Crippen LogP contribution is 2.31. The molecule has 1 aliphatic carbocycles. The number of allylic oxidation sites excluding steroid dienone is 1.